The highest BCUT2D eigenvalue weighted by Gasteiger charge is 2.31. The molecule has 0 saturated heterocycles. The third-order valence-electron chi connectivity index (χ3n) is 2.93. The van der Waals surface area contributed by atoms with Gasteiger partial charge in [-0.3, -0.25) is 4.79 Å². The van der Waals surface area contributed by atoms with Crippen molar-refractivity contribution in [3.05, 3.63) is 35.4 Å². The third kappa shape index (κ3) is 5.00. The molecular weight excluding hydrogens is 315 g/mol. The summed E-state index contributed by atoms with van der Waals surface area (Å²) >= 11 is 0. The summed E-state index contributed by atoms with van der Waals surface area (Å²) < 4.78 is 41.8. The molecule has 0 aliphatic rings. The van der Waals surface area contributed by atoms with E-state index in [9.17, 15) is 27.9 Å². The zero-order valence-corrected chi connectivity index (χ0v) is 12.1. The van der Waals surface area contributed by atoms with Gasteiger partial charge >= 0.3 is 12.1 Å². The number of rotatable bonds is 5. The highest BCUT2D eigenvalue weighted by molar-refractivity contribution is 5.87. The van der Waals surface area contributed by atoms with Gasteiger partial charge in [-0.05, 0) is 17.7 Å². The number of alkyl halides is 3. The Hall–Kier alpha value is -2.53. The second-order valence-corrected chi connectivity index (χ2v) is 4.51. The number of aliphatic hydroxyl groups excluding tert-OH is 1. The first kappa shape index (κ1) is 18.5. The summed E-state index contributed by atoms with van der Waals surface area (Å²) in [5, 5.41) is 12.0. The van der Waals surface area contributed by atoms with Crippen LogP contribution in [-0.2, 0) is 20.5 Å². The van der Waals surface area contributed by atoms with Crippen LogP contribution in [0, 0.1) is 12.3 Å². The Bertz CT molecular complexity index is 605. The Morgan fingerprint density at radius 1 is 1.35 bits per heavy atom. The monoisotopic (exact) mass is 329 g/mol. The van der Waals surface area contributed by atoms with E-state index in [1.54, 1.807) is 0 Å². The van der Waals surface area contributed by atoms with Crippen LogP contribution < -0.4 is 5.32 Å². The fourth-order valence-corrected chi connectivity index (χ4v) is 1.71. The molecule has 1 aromatic carbocycles. The number of methoxy groups -OCH3 is 1. The van der Waals surface area contributed by atoms with Crippen LogP contribution in [-0.4, -0.2) is 30.1 Å². The van der Waals surface area contributed by atoms with Crippen molar-refractivity contribution in [2.75, 3.05) is 7.11 Å². The van der Waals surface area contributed by atoms with E-state index in [4.69, 9.17) is 6.42 Å². The molecule has 0 aliphatic heterocycles. The predicted octanol–water partition coefficient (Wildman–Crippen LogP) is 1.42. The molecule has 1 aromatic rings. The number of esters is 1. The molecule has 2 atom stereocenters. The number of nitrogens with one attached hydrogen (secondary N) is 1. The Balaban J connectivity index is 2.83. The van der Waals surface area contributed by atoms with Crippen LogP contribution >= 0.6 is 0 Å². The zero-order chi connectivity index (χ0) is 17.6. The van der Waals surface area contributed by atoms with Gasteiger partial charge in [0.15, 0.2) is 6.10 Å². The molecule has 0 heterocycles. The number of hydrogen-bond acceptors (Lipinski definition) is 4. The molecule has 1 rings (SSSR count). The average Bonchev–Trinajstić information content (AvgIpc) is 2.52. The van der Waals surface area contributed by atoms with Crippen LogP contribution in [0.3, 0.4) is 0 Å². The molecule has 8 heteroatoms. The van der Waals surface area contributed by atoms with Crippen LogP contribution in [0.15, 0.2) is 24.3 Å². The minimum atomic E-state index is -4.52. The highest BCUT2D eigenvalue weighted by atomic mass is 19.4. The first-order chi connectivity index (χ1) is 10.7. The minimum Gasteiger partial charge on any atom is -0.467 e. The van der Waals surface area contributed by atoms with Gasteiger partial charge in [-0.2, -0.15) is 13.2 Å². The van der Waals surface area contributed by atoms with Gasteiger partial charge < -0.3 is 15.2 Å². The number of carbonyl (C=O) groups excluding carboxylic acids is 2. The lowest BCUT2D eigenvalue weighted by molar-refractivity contribution is -0.146. The van der Waals surface area contributed by atoms with Gasteiger partial charge in [-0.25, -0.2) is 4.79 Å². The normalized spacial score (nSPS) is 13.6. The van der Waals surface area contributed by atoms with E-state index >= 15 is 0 Å². The minimum absolute atomic E-state index is 0.0557. The SMILES string of the molecule is C#CC[C@@H](NC(=O)[C@H](O)c1ccc(C(F)(F)F)cc1)C(=O)OC. The number of terminal acetylenes is 1. The van der Waals surface area contributed by atoms with Gasteiger partial charge in [0.2, 0.25) is 0 Å². The van der Waals surface area contributed by atoms with Gasteiger partial charge in [0, 0.05) is 6.42 Å². The molecule has 0 unspecified atom stereocenters. The predicted molar refractivity (Wildman–Crippen MR) is 73.8 cm³/mol. The smallest absolute Gasteiger partial charge is 0.416 e. The zero-order valence-electron chi connectivity index (χ0n) is 12.1. The van der Waals surface area contributed by atoms with Crippen molar-refractivity contribution >= 4 is 11.9 Å². The molecule has 0 fully saturated rings. The van der Waals surface area contributed by atoms with Gasteiger partial charge in [0.05, 0.1) is 12.7 Å². The summed E-state index contributed by atoms with van der Waals surface area (Å²) in [5.41, 5.74) is -0.964. The van der Waals surface area contributed by atoms with E-state index < -0.39 is 35.8 Å². The molecule has 0 aromatic heterocycles. The Labute approximate surface area is 130 Å². The van der Waals surface area contributed by atoms with E-state index in [0.717, 1.165) is 31.4 Å². The molecule has 124 valence electrons. The lowest BCUT2D eigenvalue weighted by Gasteiger charge is -2.17. The number of amides is 1. The van der Waals surface area contributed by atoms with Crippen LogP contribution in [0.2, 0.25) is 0 Å². The molecule has 0 radical (unpaired) electrons. The number of halogens is 3. The Morgan fingerprint density at radius 2 is 1.91 bits per heavy atom. The fraction of sp³-hybridized carbons (Fsp3) is 0.333. The van der Waals surface area contributed by atoms with Crippen molar-refractivity contribution < 1.29 is 32.6 Å². The molecular formula is C15H14F3NO4. The van der Waals surface area contributed by atoms with E-state index in [0.29, 0.717) is 0 Å². The summed E-state index contributed by atoms with van der Waals surface area (Å²) in [6.45, 7) is 0. The van der Waals surface area contributed by atoms with Gasteiger partial charge in [0.25, 0.3) is 5.91 Å². The molecule has 0 aliphatic carbocycles. The maximum absolute atomic E-state index is 12.5. The van der Waals surface area contributed by atoms with Crippen molar-refractivity contribution in [2.24, 2.45) is 0 Å². The maximum Gasteiger partial charge on any atom is 0.416 e. The fourth-order valence-electron chi connectivity index (χ4n) is 1.71. The van der Waals surface area contributed by atoms with E-state index in [2.05, 4.69) is 16.0 Å². The van der Waals surface area contributed by atoms with Gasteiger partial charge in [0.1, 0.15) is 6.04 Å². The molecule has 2 N–H and O–H groups in total. The largest absolute Gasteiger partial charge is 0.467 e. The van der Waals surface area contributed by atoms with E-state index in [-0.39, 0.29) is 12.0 Å². The molecule has 23 heavy (non-hydrogen) atoms. The quantitative estimate of drug-likeness (QED) is 0.633. The van der Waals surface area contributed by atoms with Crippen LogP contribution in [0.5, 0.6) is 0 Å². The summed E-state index contributed by atoms with van der Waals surface area (Å²) in [4.78, 5) is 23.3. The number of benzene rings is 1. The van der Waals surface area contributed by atoms with Crippen LogP contribution in [0.1, 0.15) is 23.7 Å². The summed E-state index contributed by atoms with van der Waals surface area (Å²) in [6, 6.07) is 2.28. The van der Waals surface area contributed by atoms with Crippen LogP contribution in [0.4, 0.5) is 13.2 Å². The number of hydrogen-bond donors (Lipinski definition) is 2. The van der Waals surface area contributed by atoms with Crippen LogP contribution in [0.25, 0.3) is 0 Å². The molecule has 0 bridgehead atoms. The van der Waals surface area contributed by atoms with Gasteiger partial charge in [-0.1, -0.05) is 12.1 Å². The number of aliphatic hydroxyl groups is 1. The van der Waals surface area contributed by atoms with Crippen molar-refractivity contribution in [3.8, 4) is 12.3 Å². The molecule has 5 nitrogen and oxygen atoms in total. The summed E-state index contributed by atoms with van der Waals surface area (Å²) in [7, 11) is 1.10. The Kier molecular flexibility index (Phi) is 6.16. The van der Waals surface area contributed by atoms with Crippen molar-refractivity contribution in [1.82, 2.24) is 5.32 Å². The number of ether oxygens (including phenoxy) is 1. The average molecular weight is 329 g/mol. The van der Waals surface area contributed by atoms with Gasteiger partial charge in [-0.15, -0.1) is 12.3 Å². The number of carbonyl (C=O) groups is 2. The summed E-state index contributed by atoms with van der Waals surface area (Å²) in [6.07, 6.45) is -1.36. The lowest BCUT2D eigenvalue weighted by Crippen LogP contribution is -2.43. The second-order valence-electron chi connectivity index (χ2n) is 4.51. The van der Waals surface area contributed by atoms with Crippen molar-refractivity contribution in [3.63, 3.8) is 0 Å². The molecule has 1 amide bonds. The van der Waals surface area contributed by atoms with E-state index in [1.807, 2.05) is 0 Å². The first-order valence-electron chi connectivity index (χ1n) is 6.37. The first-order valence-corrected chi connectivity index (χ1v) is 6.37. The molecule has 0 saturated carbocycles. The summed E-state index contributed by atoms with van der Waals surface area (Å²) in [5.74, 6) is 0.397. The maximum atomic E-state index is 12.5. The standard InChI is InChI=1S/C15H14F3NO4/c1-3-4-11(14(22)23-2)19-13(21)12(20)9-5-7-10(8-6-9)15(16,17)18/h1,5-8,11-12,20H,4H2,2H3,(H,19,21)/t11-,12-/m1/s1. The Morgan fingerprint density at radius 3 is 2.35 bits per heavy atom. The van der Waals surface area contributed by atoms with Crippen molar-refractivity contribution in [2.45, 2.75) is 24.7 Å². The molecule has 0 spiro atoms. The lowest BCUT2D eigenvalue weighted by atomic mass is 10.1. The van der Waals surface area contributed by atoms with Crippen molar-refractivity contribution in [1.29, 1.82) is 0 Å². The highest BCUT2D eigenvalue weighted by Crippen LogP contribution is 2.29. The third-order valence-corrected chi connectivity index (χ3v) is 2.93. The van der Waals surface area contributed by atoms with E-state index in [1.165, 1.54) is 0 Å². The second kappa shape index (κ2) is 7.65. The topological polar surface area (TPSA) is 75.6 Å².